The second-order valence-corrected chi connectivity index (χ2v) is 7.19. The Bertz CT molecular complexity index is 708. The summed E-state index contributed by atoms with van der Waals surface area (Å²) < 4.78 is 5.84. The monoisotopic (exact) mass is 329 g/mol. The number of amides is 1. The highest BCUT2D eigenvalue weighted by Crippen LogP contribution is 2.21. The molecular formula is C19H27N3O2. The van der Waals surface area contributed by atoms with Crippen LogP contribution in [0, 0.1) is 12.8 Å². The van der Waals surface area contributed by atoms with E-state index in [0.717, 1.165) is 29.3 Å². The number of hydrogen-bond acceptors (Lipinski definition) is 3. The van der Waals surface area contributed by atoms with Gasteiger partial charge in [-0.25, -0.2) is 0 Å². The first-order valence-corrected chi connectivity index (χ1v) is 8.90. The van der Waals surface area contributed by atoms with Gasteiger partial charge >= 0.3 is 0 Å². The molecule has 0 saturated carbocycles. The molecular weight excluding hydrogens is 302 g/mol. The van der Waals surface area contributed by atoms with Gasteiger partial charge in [0.05, 0.1) is 18.2 Å². The standard InChI is InChI=1S/C19H27N3O2/c1-13(2)5-4-6-15-12-22(9-10-24-15)19(23)18-16-11-14(3)7-8-17(16)20-21-18/h7-8,11,13,15H,4-6,9-10,12H2,1-3H3,(H,20,21)/t15-/m1/s1. The molecule has 24 heavy (non-hydrogen) atoms. The molecule has 5 nitrogen and oxygen atoms in total. The van der Waals surface area contributed by atoms with Crippen molar-refractivity contribution in [3.63, 3.8) is 0 Å². The van der Waals surface area contributed by atoms with E-state index in [1.165, 1.54) is 6.42 Å². The first-order chi connectivity index (χ1) is 11.5. The summed E-state index contributed by atoms with van der Waals surface area (Å²) in [5.41, 5.74) is 2.56. The third kappa shape index (κ3) is 3.78. The van der Waals surface area contributed by atoms with Crippen LogP contribution in [-0.2, 0) is 4.74 Å². The molecule has 1 aliphatic heterocycles. The Morgan fingerprint density at radius 3 is 3.08 bits per heavy atom. The van der Waals surface area contributed by atoms with Crippen molar-refractivity contribution < 1.29 is 9.53 Å². The number of hydrogen-bond donors (Lipinski definition) is 1. The molecule has 1 N–H and O–H groups in total. The maximum absolute atomic E-state index is 12.9. The molecule has 1 aromatic carbocycles. The first-order valence-electron chi connectivity index (χ1n) is 8.90. The SMILES string of the molecule is Cc1ccc2[nH]nc(C(=O)N3CCO[C@H](CCCC(C)C)C3)c2c1. The van der Waals surface area contributed by atoms with Crippen molar-refractivity contribution in [2.45, 2.75) is 46.1 Å². The van der Waals surface area contributed by atoms with Crippen molar-refractivity contribution in [3.05, 3.63) is 29.5 Å². The molecule has 1 fully saturated rings. The molecule has 1 saturated heterocycles. The second kappa shape index (κ2) is 7.34. The summed E-state index contributed by atoms with van der Waals surface area (Å²) in [6.07, 6.45) is 3.52. The van der Waals surface area contributed by atoms with Gasteiger partial charge < -0.3 is 9.64 Å². The zero-order valence-electron chi connectivity index (χ0n) is 14.8. The highest BCUT2D eigenvalue weighted by Gasteiger charge is 2.27. The minimum absolute atomic E-state index is 0.00371. The highest BCUT2D eigenvalue weighted by molar-refractivity contribution is 6.04. The Hall–Kier alpha value is -1.88. The predicted octanol–water partition coefficient (Wildman–Crippen LogP) is 3.54. The van der Waals surface area contributed by atoms with E-state index in [2.05, 4.69) is 24.0 Å². The molecule has 0 unspecified atom stereocenters. The summed E-state index contributed by atoms with van der Waals surface area (Å²) in [5.74, 6) is 0.717. The van der Waals surface area contributed by atoms with E-state index >= 15 is 0 Å². The fourth-order valence-electron chi connectivity index (χ4n) is 3.27. The lowest BCUT2D eigenvalue weighted by molar-refractivity contribution is -0.0261. The summed E-state index contributed by atoms with van der Waals surface area (Å²) in [6.45, 7) is 8.42. The van der Waals surface area contributed by atoms with Gasteiger partial charge in [-0.3, -0.25) is 9.89 Å². The second-order valence-electron chi connectivity index (χ2n) is 7.19. The Morgan fingerprint density at radius 2 is 2.29 bits per heavy atom. The first kappa shape index (κ1) is 17.0. The van der Waals surface area contributed by atoms with Crippen LogP contribution in [-0.4, -0.2) is 46.8 Å². The van der Waals surface area contributed by atoms with E-state index < -0.39 is 0 Å². The van der Waals surface area contributed by atoms with Gasteiger partial charge in [-0.1, -0.05) is 38.3 Å². The van der Waals surface area contributed by atoms with E-state index in [1.807, 2.05) is 30.0 Å². The number of nitrogens with one attached hydrogen (secondary N) is 1. The molecule has 1 aromatic heterocycles. The third-order valence-corrected chi connectivity index (χ3v) is 4.65. The topological polar surface area (TPSA) is 58.2 Å². The number of fused-ring (bicyclic) bond motifs is 1. The number of aryl methyl sites for hydroxylation is 1. The Labute approximate surface area is 143 Å². The normalized spacial score (nSPS) is 18.5. The van der Waals surface area contributed by atoms with Crippen LogP contribution in [0.2, 0.25) is 0 Å². The summed E-state index contributed by atoms with van der Waals surface area (Å²) in [7, 11) is 0. The molecule has 1 aliphatic rings. The molecule has 5 heteroatoms. The predicted molar refractivity (Wildman–Crippen MR) is 95.2 cm³/mol. The van der Waals surface area contributed by atoms with Gasteiger partial charge in [0.1, 0.15) is 0 Å². The molecule has 1 atom stereocenters. The molecule has 1 amide bonds. The molecule has 3 rings (SSSR count). The molecule has 2 aromatic rings. The number of nitrogens with zero attached hydrogens (tertiary/aromatic N) is 2. The number of benzene rings is 1. The van der Waals surface area contributed by atoms with Gasteiger partial charge in [-0.15, -0.1) is 0 Å². The summed E-state index contributed by atoms with van der Waals surface area (Å²) in [5, 5.41) is 8.13. The number of aromatic amines is 1. The van der Waals surface area contributed by atoms with Crippen molar-refractivity contribution >= 4 is 16.8 Å². The van der Waals surface area contributed by atoms with Gasteiger partial charge in [0.15, 0.2) is 5.69 Å². The van der Waals surface area contributed by atoms with Gasteiger partial charge in [-0.2, -0.15) is 5.10 Å². The average Bonchev–Trinajstić information content (AvgIpc) is 2.97. The molecule has 0 bridgehead atoms. The minimum atomic E-state index is 0.00371. The number of morpholine rings is 1. The van der Waals surface area contributed by atoms with Crippen molar-refractivity contribution in [2.75, 3.05) is 19.7 Å². The van der Waals surface area contributed by atoms with Crippen molar-refractivity contribution in [2.24, 2.45) is 5.92 Å². The van der Waals surface area contributed by atoms with Gasteiger partial charge in [0.25, 0.3) is 5.91 Å². The fraction of sp³-hybridized carbons (Fsp3) is 0.579. The van der Waals surface area contributed by atoms with Crippen molar-refractivity contribution in [3.8, 4) is 0 Å². The number of ether oxygens (including phenoxy) is 1. The summed E-state index contributed by atoms with van der Waals surface area (Å²) >= 11 is 0. The van der Waals surface area contributed by atoms with Crippen molar-refractivity contribution in [1.82, 2.24) is 15.1 Å². The van der Waals surface area contributed by atoms with Crippen LogP contribution in [0.4, 0.5) is 0 Å². The van der Waals surface area contributed by atoms with Crippen LogP contribution >= 0.6 is 0 Å². The molecule has 0 radical (unpaired) electrons. The van der Waals surface area contributed by atoms with Gasteiger partial charge in [0.2, 0.25) is 0 Å². The van der Waals surface area contributed by atoms with Gasteiger partial charge in [-0.05, 0) is 31.4 Å². The average molecular weight is 329 g/mol. The number of carbonyl (C=O) groups is 1. The lowest BCUT2D eigenvalue weighted by atomic mass is 10.0. The van der Waals surface area contributed by atoms with E-state index in [1.54, 1.807) is 0 Å². The van der Waals surface area contributed by atoms with Crippen LogP contribution in [0.25, 0.3) is 10.9 Å². The molecule has 130 valence electrons. The number of carbonyl (C=O) groups excluding carboxylic acids is 1. The van der Waals surface area contributed by atoms with E-state index in [9.17, 15) is 4.79 Å². The third-order valence-electron chi connectivity index (χ3n) is 4.65. The van der Waals surface area contributed by atoms with Crippen LogP contribution in [0.15, 0.2) is 18.2 Å². The van der Waals surface area contributed by atoms with Crippen LogP contribution in [0.3, 0.4) is 0 Å². The quantitative estimate of drug-likeness (QED) is 0.913. The van der Waals surface area contributed by atoms with Crippen LogP contribution in [0.1, 0.15) is 49.2 Å². The largest absolute Gasteiger partial charge is 0.375 e. The Balaban J connectivity index is 1.68. The maximum Gasteiger partial charge on any atom is 0.275 e. The number of H-pyrrole nitrogens is 1. The van der Waals surface area contributed by atoms with Crippen molar-refractivity contribution in [1.29, 1.82) is 0 Å². The minimum Gasteiger partial charge on any atom is -0.375 e. The zero-order valence-corrected chi connectivity index (χ0v) is 14.8. The zero-order chi connectivity index (χ0) is 17.1. The van der Waals surface area contributed by atoms with Crippen LogP contribution < -0.4 is 0 Å². The van der Waals surface area contributed by atoms with E-state index in [4.69, 9.17) is 4.74 Å². The molecule has 0 aliphatic carbocycles. The lowest BCUT2D eigenvalue weighted by Gasteiger charge is -2.32. The van der Waals surface area contributed by atoms with Crippen LogP contribution in [0.5, 0.6) is 0 Å². The summed E-state index contributed by atoms with van der Waals surface area (Å²) in [4.78, 5) is 14.8. The molecule has 0 spiro atoms. The molecule has 2 heterocycles. The summed E-state index contributed by atoms with van der Waals surface area (Å²) in [6, 6.07) is 6.02. The Morgan fingerprint density at radius 1 is 1.46 bits per heavy atom. The smallest absolute Gasteiger partial charge is 0.275 e. The van der Waals surface area contributed by atoms with E-state index in [0.29, 0.717) is 31.3 Å². The van der Waals surface area contributed by atoms with Gasteiger partial charge in [0, 0.05) is 18.5 Å². The number of aromatic nitrogens is 2. The number of rotatable bonds is 5. The fourth-order valence-corrected chi connectivity index (χ4v) is 3.27. The highest BCUT2D eigenvalue weighted by atomic mass is 16.5. The maximum atomic E-state index is 12.9. The Kier molecular flexibility index (Phi) is 5.19. The van der Waals surface area contributed by atoms with E-state index in [-0.39, 0.29) is 12.0 Å². The lowest BCUT2D eigenvalue weighted by Crippen LogP contribution is -2.45.